The fourth-order valence-electron chi connectivity index (χ4n) is 11.0. The molecule has 0 saturated carbocycles. The number of ether oxygens (including phenoxy) is 19. The van der Waals surface area contributed by atoms with Gasteiger partial charge in [0.05, 0.1) is 55.1 Å². The van der Waals surface area contributed by atoms with Gasteiger partial charge in [0.25, 0.3) is 0 Å². The van der Waals surface area contributed by atoms with Crippen molar-refractivity contribution in [2.45, 2.75) is 13.8 Å². The topological polar surface area (TPSA) is 175 Å². The van der Waals surface area contributed by atoms with Gasteiger partial charge in [-0.25, -0.2) is 48.3 Å². The number of hydrogen-bond donors (Lipinski definition) is 0. The second-order valence-electron chi connectivity index (χ2n) is 26.0. The quantitative estimate of drug-likeness (QED) is 0.0118. The Morgan fingerprint density at radius 1 is 0.217 bits per heavy atom. The maximum Gasteiger partial charge on any atom is 0.200 e. The van der Waals surface area contributed by atoms with Gasteiger partial charge in [0, 0.05) is 119 Å². The van der Waals surface area contributed by atoms with Crippen molar-refractivity contribution < 1.29 is 138 Å². The number of halogens is 11. The van der Waals surface area contributed by atoms with E-state index in [0.717, 1.165) is 44.2 Å². The lowest BCUT2D eigenvalue weighted by Gasteiger charge is -2.16. The minimum Gasteiger partial charge on any atom is -0.497 e. The van der Waals surface area contributed by atoms with Gasteiger partial charge in [-0.05, 0) is 131 Å². The molecule has 0 fully saturated rings. The molecule has 0 aliphatic carbocycles. The lowest BCUT2D eigenvalue weighted by Crippen LogP contribution is -2.19. The van der Waals surface area contributed by atoms with Crippen LogP contribution in [0.4, 0.5) is 48.3 Å². The highest BCUT2D eigenvalue weighted by Crippen LogP contribution is 2.38. The minimum atomic E-state index is -2.17. The summed E-state index contributed by atoms with van der Waals surface area (Å²) in [5.41, 5.74) is 1.83. The number of aryl methyl sites for hydroxylation is 2. The summed E-state index contributed by atoms with van der Waals surface area (Å²) in [6.45, 7) is 4.19. The van der Waals surface area contributed by atoms with Crippen LogP contribution in [0, 0.1) is 77.8 Å². The molecule has 19 nitrogen and oxygen atoms in total. The zero-order valence-corrected chi connectivity index (χ0v) is 78.8. The summed E-state index contributed by atoms with van der Waals surface area (Å²) in [5, 5.41) is 6.46. The Hall–Kier alpha value is -10.4. The lowest BCUT2D eigenvalue weighted by molar-refractivity contribution is 0.0498. The number of para-hydroxylation sites is 2. The van der Waals surface area contributed by atoms with E-state index in [1.165, 1.54) is 84.1 Å². The van der Waals surface area contributed by atoms with Crippen molar-refractivity contribution in [3.63, 3.8) is 0 Å². The van der Waals surface area contributed by atoms with Gasteiger partial charge in [-0.2, -0.15) is 0 Å². The maximum atomic E-state index is 14.0. The number of rotatable bonds is 37. The maximum absolute atomic E-state index is 14.0. The van der Waals surface area contributed by atoms with Crippen molar-refractivity contribution >= 4 is 115 Å². The van der Waals surface area contributed by atoms with Gasteiger partial charge < -0.3 is 90.0 Å². The molecule has 690 valence electrons. The van der Waals surface area contributed by atoms with Crippen molar-refractivity contribution in [1.29, 1.82) is 0 Å². The summed E-state index contributed by atoms with van der Waals surface area (Å²) in [7, 11) is 19.6. The molecule has 6 unspecified atom stereocenters. The van der Waals surface area contributed by atoms with Crippen molar-refractivity contribution in [3.05, 3.63) is 281 Å². The molecule has 0 radical (unpaired) electrons. The monoisotopic (exact) mass is 1910 g/mol. The molecule has 0 aliphatic rings. The average Bonchev–Trinajstić information content (AvgIpc) is 0.783. The van der Waals surface area contributed by atoms with E-state index in [1.807, 2.05) is 86.6 Å². The van der Waals surface area contributed by atoms with Gasteiger partial charge in [0.2, 0.25) is 5.82 Å². The van der Waals surface area contributed by atoms with E-state index in [2.05, 4.69) is 0 Å². The first-order chi connectivity index (χ1) is 62.3. The Morgan fingerprint density at radius 2 is 0.558 bits per heavy atom. The molecule has 129 heavy (non-hydrogen) atoms. The van der Waals surface area contributed by atoms with Crippen LogP contribution in [-0.2, 0) is 28.4 Å². The third-order valence-electron chi connectivity index (χ3n) is 17.2. The molecular formula is C93H97F11O19P6. The third kappa shape index (κ3) is 32.3. The second-order valence-corrected chi connectivity index (χ2v) is 33.9. The molecule has 0 saturated heterocycles. The molecule has 0 heterocycles. The molecular weight excluding hydrogens is 1820 g/mol. The first-order valence-corrected chi connectivity index (χ1v) is 44.2. The largest absolute Gasteiger partial charge is 0.497 e. The number of methoxy groups -OCH3 is 13. The molecule has 0 N–H and O–H groups in total. The van der Waals surface area contributed by atoms with Crippen molar-refractivity contribution in [1.82, 2.24) is 0 Å². The van der Waals surface area contributed by atoms with Gasteiger partial charge in [0.15, 0.2) is 98.5 Å². The van der Waals surface area contributed by atoms with Gasteiger partial charge in [0.1, 0.15) is 75.1 Å². The third-order valence-corrected chi connectivity index (χ3v) is 25.4. The van der Waals surface area contributed by atoms with Gasteiger partial charge in [-0.1, -0.05) is 134 Å². The van der Waals surface area contributed by atoms with Crippen LogP contribution in [0.3, 0.4) is 0 Å². The van der Waals surface area contributed by atoms with E-state index in [4.69, 9.17) is 90.0 Å². The Labute approximate surface area is 752 Å². The van der Waals surface area contributed by atoms with Crippen LogP contribution in [0.1, 0.15) is 11.1 Å². The number of benzene rings is 12. The van der Waals surface area contributed by atoms with Gasteiger partial charge in [-0.3, -0.25) is 0 Å². The Kier molecular flexibility index (Phi) is 46.1. The van der Waals surface area contributed by atoms with Crippen molar-refractivity contribution in [2.24, 2.45) is 0 Å². The summed E-state index contributed by atoms with van der Waals surface area (Å²) >= 11 is 0. The Balaban J connectivity index is 0.000000212. The molecule has 0 aliphatic heterocycles. The van der Waals surface area contributed by atoms with Crippen LogP contribution >= 0.6 is 51.5 Å². The molecule has 0 amide bonds. The highest BCUT2D eigenvalue weighted by molar-refractivity contribution is 7.57. The molecule has 12 rings (SSSR count). The Bertz CT molecular complexity index is 5490. The van der Waals surface area contributed by atoms with E-state index < -0.39 is 54.6 Å². The van der Waals surface area contributed by atoms with Crippen molar-refractivity contribution in [3.8, 4) is 74.7 Å². The standard InChI is InChI=1S/C16H17F2O4P.C16H18FO4P.2C16H18FO3P.C15H16FO3P.C14H10F5O2P/c1-19-9-22-16-13(21-3)7-11(20-2)8-15(16)23-14-5-4-10(17)6-12(14)18;1-18-10-21-16-13(20-3)8-11(19-2)9-15(16)22-14-7-5-4-6-12(14)17;1-11-4-7-15(13(17)8-11)21-16-9-12(19-3)5-6-14(16)20-10-18-2;1-11-6-4-7-12(17)16(11)21-14-9-5-8-13(19-3)15(14)20-10-18-2;1-17-10-19-13-8-7-11(18-2)9-15(13)20-14-6-4-3-5-12(14)16;1-20-6-21-7-4-2-3-5-8(7)22-14-12(18)10(16)9(15)11(17)13(14)19/h4-8,23H,9H2,1-3H3;4-9,22H,10H2,1-3H3;2*4-9,21H,10H2,1-3H3;3-9,20H,10H2,1-2H3;2-5,22H,6H2,1H3. The van der Waals surface area contributed by atoms with E-state index in [9.17, 15) is 48.3 Å². The van der Waals surface area contributed by atoms with Crippen LogP contribution < -0.4 is 125 Å². The first kappa shape index (κ1) is 106. The van der Waals surface area contributed by atoms with Crippen LogP contribution in [0.5, 0.6) is 74.7 Å². The predicted molar refractivity (Wildman–Crippen MR) is 493 cm³/mol. The van der Waals surface area contributed by atoms with E-state index in [0.29, 0.717) is 100 Å². The molecule has 0 bridgehead atoms. The first-order valence-electron chi connectivity index (χ1n) is 38.2. The van der Waals surface area contributed by atoms with Gasteiger partial charge in [-0.15, -0.1) is 0 Å². The lowest BCUT2D eigenvalue weighted by atomic mass is 10.2. The fraction of sp³-hybridized carbons (Fsp3) is 0.226. The molecule has 0 aromatic heterocycles. The van der Waals surface area contributed by atoms with Crippen LogP contribution in [0.25, 0.3) is 0 Å². The summed E-state index contributed by atoms with van der Waals surface area (Å²) in [4.78, 5) is 0. The van der Waals surface area contributed by atoms with E-state index in [-0.39, 0.29) is 113 Å². The predicted octanol–water partition coefficient (Wildman–Crippen LogP) is 16.0. The Morgan fingerprint density at radius 3 is 0.977 bits per heavy atom. The van der Waals surface area contributed by atoms with Crippen molar-refractivity contribution in [2.75, 3.05) is 133 Å². The van der Waals surface area contributed by atoms with E-state index >= 15 is 0 Å². The molecule has 6 atom stereocenters. The molecule has 0 spiro atoms. The van der Waals surface area contributed by atoms with Crippen LogP contribution in [-0.4, -0.2) is 133 Å². The smallest absolute Gasteiger partial charge is 0.200 e. The average molecular weight is 1910 g/mol. The second kappa shape index (κ2) is 56.3. The zero-order chi connectivity index (χ0) is 93.9. The minimum absolute atomic E-state index is 0.0199. The summed E-state index contributed by atoms with van der Waals surface area (Å²) in [5.74, 6) is -4.49. The molecule has 12 aromatic rings. The normalized spacial score (nSPS) is 11.1. The van der Waals surface area contributed by atoms with Gasteiger partial charge >= 0.3 is 0 Å². The summed E-state index contributed by atoms with van der Waals surface area (Å²) in [6.07, 6.45) is 0. The van der Waals surface area contributed by atoms with Crippen LogP contribution in [0.2, 0.25) is 0 Å². The summed E-state index contributed by atoms with van der Waals surface area (Å²) in [6, 6.07) is 56.9. The highest BCUT2D eigenvalue weighted by Gasteiger charge is 2.28. The summed E-state index contributed by atoms with van der Waals surface area (Å²) < 4.78 is 249. The number of hydrogen-bond acceptors (Lipinski definition) is 19. The van der Waals surface area contributed by atoms with Crippen LogP contribution in [0.15, 0.2) is 206 Å². The highest BCUT2D eigenvalue weighted by atomic mass is 31.1. The zero-order valence-electron chi connectivity index (χ0n) is 72.8. The molecule has 12 aromatic carbocycles. The van der Waals surface area contributed by atoms with E-state index in [1.54, 1.807) is 136 Å². The SMILES string of the molecule is COCOc1c(OC)cc(OC)cc1Pc1ccc(F)cc1F.COCOc1c(OC)cc(OC)cc1Pc1ccccc1F.COCOc1c(OC)cccc1Pc1c(C)cccc1F.COCOc1ccc(OC)cc1Pc1ccc(C)cc1F.COCOc1ccc(OC)cc1Pc1ccccc1F.COCOc1ccccc1Pc1c(F)c(F)c(F)c(F)c1F. The molecule has 36 heteroatoms. The fourth-order valence-corrected chi connectivity index (χ4v) is 18.1.